The highest BCUT2D eigenvalue weighted by molar-refractivity contribution is 5.82. The van der Waals surface area contributed by atoms with Gasteiger partial charge in [-0.15, -0.1) is 6.58 Å². The molecule has 1 aromatic heterocycles. The second-order valence-corrected chi connectivity index (χ2v) is 6.06. The molecule has 3 rings (SSSR count). The van der Waals surface area contributed by atoms with E-state index in [1.54, 1.807) is 18.2 Å². The standard InChI is InChI=1S/C19H22FN5O3/c1-3-4-14-9-13(10-16(27-2)17(14)26)11-22-24-19-21-12-15(20)18(23-19)25-5-7-28-8-6-25/h3,9-12,26H,1,4-8H2,2H3,(H,21,23,24)/b22-11-. The van der Waals surface area contributed by atoms with Gasteiger partial charge in [0.2, 0.25) is 5.95 Å². The first-order chi connectivity index (χ1) is 13.6. The number of rotatable bonds is 7. The van der Waals surface area contributed by atoms with Crippen LogP contribution < -0.4 is 15.1 Å². The number of methoxy groups -OCH3 is 1. The van der Waals surface area contributed by atoms with Crippen molar-refractivity contribution in [2.24, 2.45) is 5.10 Å². The van der Waals surface area contributed by atoms with Crippen molar-refractivity contribution in [2.45, 2.75) is 6.42 Å². The molecule has 28 heavy (non-hydrogen) atoms. The van der Waals surface area contributed by atoms with Gasteiger partial charge in [0.15, 0.2) is 23.1 Å². The van der Waals surface area contributed by atoms with Crippen molar-refractivity contribution < 1.29 is 19.0 Å². The van der Waals surface area contributed by atoms with Crippen LogP contribution in [-0.2, 0) is 11.2 Å². The van der Waals surface area contributed by atoms with Crippen LogP contribution in [-0.4, -0.2) is 54.7 Å². The molecule has 0 bridgehead atoms. The summed E-state index contributed by atoms with van der Waals surface area (Å²) in [4.78, 5) is 9.92. The molecule has 1 fully saturated rings. The molecule has 2 N–H and O–H groups in total. The number of allylic oxidation sites excluding steroid dienone is 1. The van der Waals surface area contributed by atoms with Crippen LogP contribution in [0.3, 0.4) is 0 Å². The van der Waals surface area contributed by atoms with Crippen LogP contribution in [0.4, 0.5) is 16.2 Å². The normalized spacial score (nSPS) is 14.3. The van der Waals surface area contributed by atoms with Gasteiger partial charge in [-0.25, -0.2) is 14.8 Å². The predicted octanol–water partition coefficient (Wildman–Crippen LogP) is 2.34. The zero-order chi connectivity index (χ0) is 19.9. The van der Waals surface area contributed by atoms with Crippen LogP contribution in [0.1, 0.15) is 11.1 Å². The van der Waals surface area contributed by atoms with Crippen LogP contribution in [0.15, 0.2) is 36.1 Å². The van der Waals surface area contributed by atoms with Crippen molar-refractivity contribution in [1.29, 1.82) is 0 Å². The van der Waals surface area contributed by atoms with Crippen LogP contribution >= 0.6 is 0 Å². The van der Waals surface area contributed by atoms with Gasteiger partial charge >= 0.3 is 0 Å². The summed E-state index contributed by atoms with van der Waals surface area (Å²) in [5.74, 6) is 0.318. The first kappa shape index (κ1) is 19.6. The summed E-state index contributed by atoms with van der Waals surface area (Å²) in [5.41, 5.74) is 4.08. The van der Waals surface area contributed by atoms with E-state index in [0.717, 1.165) is 6.20 Å². The molecule has 0 saturated carbocycles. The Hall–Kier alpha value is -3.20. The molecule has 1 aliphatic rings. The Labute approximate surface area is 162 Å². The fourth-order valence-electron chi connectivity index (χ4n) is 2.80. The quantitative estimate of drug-likeness (QED) is 0.428. The lowest BCUT2D eigenvalue weighted by Gasteiger charge is -2.27. The predicted molar refractivity (Wildman–Crippen MR) is 105 cm³/mol. The number of nitrogens with one attached hydrogen (secondary N) is 1. The first-order valence-electron chi connectivity index (χ1n) is 8.77. The maximum absolute atomic E-state index is 14.1. The highest BCUT2D eigenvalue weighted by atomic mass is 19.1. The summed E-state index contributed by atoms with van der Waals surface area (Å²) >= 11 is 0. The minimum absolute atomic E-state index is 0.0736. The summed E-state index contributed by atoms with van der Waals surface area (Å²) in [6.45, 7) is 5.87. The van der Waals surface area contributed by atoms with E-state index < -0.39 is 5.82 Å². The van der Waals surface area contributed by atoms with E-state index in [-0.39, 0.29) is 17.5 Å². The van der Waals surface area contributed by atoms with E-state index in [2.05, 4.69) is 27.1 Å². The van der Waals surface area contributed by atoms with E-state index in [4.69, 9.17) is 9.47 Å². The first-order valence-corrected chi connectivity index (χ1v) is 8.77. The molecule has 0 amide bonds. The van der Waals surface area contributed by atoms with Crippen molar-refractivity contribution in [3.63, 3.8) is 0 Å². The molecule has 1 aliphatic heterocycles. The Balaban J connectivity index is 1.75. The number of hydrogen-bond donors (Lipinski definition) is 2. The molecule has 0 spiro atoms. The highest BCUT2D eigenvalue weighted by Crippen LogP contribution is 2.31. The molecule has 0 radical (unpaired) electrons. The lowest BCUT2D eigenvalue weighted by molar-refractivity contribution is 0.122. The third-order valence-corrected chi connectivity index (χ3v) is 4.17. The van der Waals surface area contributed by atoms with E-state index in [0.29, 0.717) is 49.6 Å². The van der Waals surface area contributed by atoms with Crippen molar-refractivity contribution in [3.05, 3.63) is 47.9 Å². The average molecular weight is 387 g/mol. The molecule has 9 heteroatoms. The van der Waals surface area contributed by atoms with E-state index in [1.165, 1.54) is 13.3 Å². The number of nitrogens with zero attached hydrogens (tertiary/aromatic N) is 4. The molecule has 0 unspecified atom stereocenters. The van der Waals surface area contributed by atoms with Gasteiger partial charge in [-0.05, 0) is 24.1 Å². The molecule has 1 aromatic carbocycles. The molecule has 0 atom stereocenters. The summed E-state index contributed by atoms with van der Waals surface area (Å²) in [6.07, 6.45) is 4.82. The summed E-state index contributed by atoms with van der Waals surface area (Å²) < 4.78 is 24.5. The smallest absolute Gasteiger partial charge is 0.245 e. The zero-order valence-corrected chi connectivity index (χ0v) is 15.6. The van der Waals surface area contributed by atoms with Crippen molar-refractivity contribution >= 4 is 18.0 Å². The van der Waals surface area contributed by atoms with Crippen molar-refractivity contribution in [1.82, 2.24) is 9.97 Å². The van der Waals surface area contributed by atoms with Gasteiger partial charge in [-0.1, -0.05) is 6.08 Å². The Bertz CT molecular complexity index is 869. The highest BCUT2D eigenvalue weighted by Gasteiger charge is 2.17. The maximum Gasteiger partial charge on any atom is 0.245 e. The largest absolute Gasteiger partial charge is 0.504 e. The number of morpholine rings is 1. The minimum atomic E-state index is -0.492. The molecular weight excluding hydrogens is 365 g/mol. The van der Waals surface area contributed by atoms with Crippen molar-refractivity contribution in [3.8, 4) is 11.5 Å². The zero-order valence-electron chi connectivity index (χ0n) is 15.6. The lowest BCUT2D eigenvalue weighted by atomic mass is 10.1. The van der Waals surface area contributed by atoms with Crippen LogP contribution in [0, 0.1) is 5.82 Å². The third kappa shape index (κ3) is 4.55. The summed E-state index contributed by atoms with van der Waals surface area (Å²) in [7, 11) is 1.48. The Morgan fingerprint density at radius 2 is 2.21 bits per heavy atom. The van der Waals surface area contributed by atoms with Crippen molar-refractivity contribution in [2.75, 3.05) is 43.7 Å². The van der Waals surface area contributed by atoms with E-state index in [9.17, 15) is 9.50 Å². The molecule has 2 heterocycles. The van der Waals surface area contributed by atoms with Gasteiger partial charge in [-0.3, -0.25) is 0 Å². The van der Waals surface area contributed by atoms with E-state index in [1.807, 2.05) is 4.90 Å². The number of halogens is 1. The van der Waals surface area contributed by atoms with Crippen LogP contribution in [0.5, 0.6) is 11.5 Å². The average Bonchev–Trinajstić information content (AvgIpc) is 2.72. The molecular formula is C19H22FN5O3. The SMILES string of the molecule is C=CCc1cc(/C=N\Nc2ncc(F)c(N3CCOCC3)n2)cc(OC)c1O. The number of aromatic nitrogens is 2. The van der Waals surface area contributed by atoms with Gasteiger partial charge in [0.05, 0.1) is 32.7 Å². The topological polar surface area (TPSA) is 92.1 Å². The molecule has 1 saturated heterocycles. The number of hydrogen-bond acceptors (Lipinski definition) is 8. The van der Waals surface area contributed by atoms with Gasteiger partial charge in [0, 0.05) is 18.7 Å². The Kier molecular flexibility index (Phi) is 6.38. The second kappa shape index (κ2) is 9.14. The monoisotopic (exact) mass is 387 g/mol. The number of anilines is 2. The number of benzene rings is 1. The lowest BCUT2D eigenvalue weighted by Crippen LogP contribution is -2.37. The summed E-state index contributed by atoms with van der Waals surface area (Å²) in [5, 5.41) is 14.2. The number of phenols is 1. The fraction of sp³-hybridized carbons (Fsp3) is 0.316. The minimum Gasteiger partial charge on any atom is -0.504 e. The van der Waals surface area contributed by atoms with Crippen LogP contribution in [0.2, 0.25) is 0 Å². The molecule has 2 aromatic rings. The molecule has 0 aliphatic carbocycles. The van der Waals surface area contributed by atoms with Gasteiger partial charge < -0.3 is 19.5 Å². The molecule has 8 nitrogen and oxygen atoms in total. The van der Waals surface area contributed by atoms with Crippen LogP contribution in [0.25, 0.3) is 0 Å². The fourth-order valence-corrected chi connectivity index (χ4v) is 2.80. The number of ether oxygens (including phenoxy) is 2. The summed E-state index contributed by atoms with van der Waals surface area (Å²) in [6, 6.07) is 3.42. The molecule has 148 valence electrons. The third-order valence-electron chi connectivity index (χ3n) is 4.17. The van der Waals surface area contributed by atoms with E-state index >= 15 is 0 Å². The maximum atomic E-state index is 14.1. The number of phenolic OH excluding ortho intramolecular Hbond substituents is 1. The Morgan fingerprint density at radius 3 is 2.93 bits per heavy atom. The number of hydrazone groups is 1. The second-order valence-electron chi connectivity index (χ2n) is 6.06. The van der Waals surface area contributed by atoms with Gasteiger partial charge in [0.1, 0.15) is 0 Å². The Morgan fingerprint density at radius 1 is 1.43 bits per heavy atom. The van der Waals surface area contributed by atoms with Gasteiger partial charge in [0.25, 0.3) is 0 Å². The number of aromatic hydroxyl groups is 1. The van der Waals surface area contributed by atoms with Gasteiger partial charge in [-0.2, -0.15) is 10.1 Å².